The van der Waals surface area contributed by atoms with Gasteiger partial charge in [-0.3, -0.25) is 0 Å². The standard InChI is InChI=1S/C4H6N2O3S/c1-5-3(7)6(10-2)9-4(5)8/h1-2H3. The van der Waals surface area contributed by atoms with E-state index in [1.807, 2.05) is 0 Å². The maximum absolute atomic E-state index is 10.8. The molecule has 5 nitrogen and oxygen atoms in total. The summed E-state index contributed by atoms with van der Waals surface area (Å²) in [6, 6.07) is 0. The van der Waals surface area contributed by atoms with Crippen LogP contribution >= 0.6 is 11.9 Å². The summed E-state index contributed by atoms with van der Waals surface area (Å²) >= 11 is 1.05. The summed E-state index contributed by atoms with van der Waals surface area (Å²) in [4.78, 5) is 21.4. The molecule has 0 saturated carbocycles. The lowest BCUT2D eigenvalue weighted by molar-refractivity contribution is 0.350. The second-order valence-electron chi connectivity index (χ2n) is 1.64. The molecule has 1 aromatic rings. The van der Waals surface area contributed by atoms with Gasteiger partial charge in [-0.1, -0.05) is 4.15 Å². The first-order valence-electron chi connectivity index (χ1n) is 2.50. The van der Waals surface area contributed by atoms with Crippen LogP contribution in [-0.4, -0.2) is 15.0 Å². The monoisotopic (exact) mass is 162 g/mol. The first-order valence-corrected chi connectivity index (χ1v) is 3.69. The highest BCUT2D eigenvalue weighted by Crippen LogP contribution is 1.89. The number of aromatic nitrogens is 2. The van der Waals surface area contributed by atoms with Crippen molar-refractivity contribution >= 4 is 11.9 Å². The third-order valence-corrected chi connectivity index (χ3v) is 1.61. The molecule has 0 aromatic carbocycles. The van der Waals surface area contributed by atoms with E-state index in [0.29, 0.717) is 0 Å². The van der Waals surface area contributed by atoms with E-state index in [2.05, 4.69) is 4.52 Å². The van der Waals surface area contributed by atoms with Gasteiger partial charge in [0.1, 0.15) is 0 Å². The maximum Gasteiger partial charge on any atom is 0.443 e. The topological polar surface area (TPSA) is 57.1 Å². The Morgan fingerprint density at radius 2 is 2.10 bits per heavy atom. The fourth-order valence-corrected chi connectivity index (χ4v) is 0.904. The van der Waals surface area contributed by atoms with Gasteiger partial charge >= 0.3 is 11.4 Å². The van der Waals surface area contributed by atoms with E-state index in [1.165, 1.54) is 7.05 Å². The molecule has 1 heterocycles. The molecule has 0 saturated heterocycles. The second kappa shape index (κ2) is 2.37. The first-order chi connectivity index (χ1) is 4.66. The van der Waals surface area contributed by atoms with Crippen molar-refractivity contribution in [2.24, 2.45) is 7.05 Å². The molecule has 1 rings (SSSR count). The average Bonchev–Trinajstić information content (AvgIpc) is 2.17. The van der Waals surface area contributed by atoms with Gasteiger partial charge in [-0.05, 0) is 11.9 Å². The van der Waals surface area contributed by atoms with Gasteiger partial charge in [0.15, 0.2) is 0 Å². The Labute approximate surface area is 60.3 Å². The lowest BCUT2D eigenvalue weighted by Crippen LogP contribution is -2.23. The molecule has 1 aromatic heterocycles. The third kappa shape index (κ3) is 0.900. The number of nitrogens with zero attached hydrogens (tertiary/aromatic N) is 2. The van der Waals surface area contributed by atoms with E-state index in [-0.39, 0.29) is 0 Å². The van der Waals surface area contributed by atoms with E-state index >= 15 is 0 Å². The highest BCUT2D eigenvalue weighted by Gasteiger charge is 2.04. The summed E-state index contributed by atoms with van der Waals surface area (Å²) in [6.45, 7) is 0. The summed E-state index contributed by atoms with van der Waals surface area (Å²) in [5, 5.41) is 0. The van der Waals surface area contributed by atoms with Gasteiger partial charge < -0.3 is 4.52 Å². The minimum Gasteiger partial charge on any atom is -0.305 e. The van der Waals surface area contributed by atoms with Crippen molar-refractivity contribution in [2.75, 3.05) is 6.26 Å². The van der Waals surface area contributed by atoms with Crippen LogP contribution in [0.1, 0.15) is 0 Å². The van der Waals surface area contributed by atoms with Gasteiger partial charge in [0, 0.05) is 13.3 Å². The fourth-order valence-electron chi connectivity index (χ4n) is 0.487. The quantitative estimate of drug-likeness (QED) is 0.546. The van der Waals surface area contributed by atoms with Crippen LogP contribution in [0.4, 0.5) is 0 Å². The molecule has 0 radical (unpaired) electrons. The van der Waals surface area contributed by atoms with Crippen LogP contribution in [0, 0.1) is 0 Å². The molecule has 0 bridgehead atoms. The van der Waals surface area contributed by atoms with Crippen LogP contribution < -0.4 is 11.4 Å². The first kappa shape index (κ1) is 7.20. The second-order valence-corrected chi connectivity index (χ2v) is 2.34. The summed E-state index contributed by atoms with van der Waals surface area (Å²) in [5.41, 5.74) is -0.447. The zero-order valence-corrected chi connectivity index (χ0v) is 6.34. The van der Waals surface area contributed by atoms with Crippen LogP contribution in [0.5, 0.6) is 0 Å². The van der Waals surface area contributed by atoms with Crippen molar-refractivity contribution in [3.8, 4) is 0 Å². The van der Waals surface area contributed by atoms with Crippen molar-refractivity contribution in [1.29, 1.82) is 0 Å². The van der Waals surface area contributed by atoms with E-state index in [1.54, 1.807) is 6.26 Å². The molecule has 10 heavy (non-hydrogen) atoms. The van der Waals surface area contributed by atoms with Crippen molar-refractivity contribution in [3.05, 3.63) is 21.0 Å². The van der Waals surface area contributed by atoms with Crippen LogP contribution in [-0.2, 0) is 7.05 Å². The van der Waals surface area contributed by atoms with E-state index in [9.17, 15) is 9.59 Å². The van der Waals surface area contributed by atoms with Gasteiger partial charge in [0.25, 0.3) is 0 Å². The molecule has 0 amide bonds. The molecule has 0 atom stereocenters. The molecule has 0 spiro atoms. The lowest BCUT2D eigenvalue weighted by atomic mass is 11.1. The molecule has 0 aliphatic heterocycles. The molecule has 0 aliphatic carbocycles. The Hall–Kier alpha value is -0.910. The highest BCUT2D eigenvalue weighted by atomic mass is 32.2. The van der Waals surface area contributed by atoms with Gasteiger partial charge in [0.2, 0.25) is 0 Å². The van der Waals surface area contributed by atoms with Gasteiger partial charge in [-0.2, -0.15) is 0 Å². The average molecular weight is 162 g/mol. The number of rotatable bonds is 1. The van der Waals surface area contributed by atoms with Crippen LogP contribution in [0.2, 0.25) is 0 Å². The normalized spacial score (nSPS) is 10.2. The maximum atomic E-state index is 10.8. The zero-order chi connectivity index (χ0) is 7.72. The van der Waals surface area contributed by atoms with Crippen molar-refractivity contribution < 1.29 is 4.52 Å². The Balaban J connectivity index is 3.46. The minimum atomic E-state index is -0.639. The molecule has 6 heteroatoms. The predicted octanol–water partition coefficient (Wildman–Crippen LogP) is -0.734. The molecule has 0 fully saturated rings. The van der Waals surface area contributed by atoms with Crippen molar-refractivity contribution in [2.45, 2.75) is 0 Å². The Bertz CT molecular complexity index is 333. The van der Waals surface area contributed by atoms with E-state index in [4.69, 9.17) is 0 Å². The van der Waals surface area contributed by atoms with Crippen molar-refractivity contribution in [3.63, 3.8) is 0 Å². The molecule has 0 unspecified atom stereocenters. The summed E-state index contributed by atoms with van der Waals surface area (Å²) in [7, 11) is 1.36. The lowest BCUT2D eigenvalue weighted by Gasteiger charge is -1.83. The molecule has 56 valence electrons. The van der Waals surface area contributed by atoms with Crippen LogP contribution in [0.3, 0.4) is 0 Å². The third-order valence-electron chi connectivity index (χ3n) is 1.04. The summed E-state index contributed by atoms with van der Waals surface area (Å²) < 4.78 is 6.29. The number of hydrogen-bond acceptors (Lipinski definition) is 4. The van der Waals surface area contributed by atoms with E-state index < -0.39 is 11.4 Å². The predicted molar refractivity (Wildman–Crippen MR) is 37.1 cm³/mol. The minimum absolute atomic E-state index is 0.447. The molecule has 0 N–H and O–H groups in total. The highest BCUT2D eigenvalue weighted by molar-refractivity contribution is 7.96. The summed E-state index contributed by atoms with van der Waals surface area (Å²) in [6.07, 6.45) is 1.64. The van der Waals surface area contributed by atoms with Gasteiger partial charge in [-0.25, -0.2) is 14.2 Å². The zero-order valence-electron chi connectivity index (χ0n) is 5.53. The van der Waals surface area contributed by atoms with E-state index in [0.717, 1.165) is 20.7 Å². The Morgan fingerprint density at radius 1 is 1.50 bits per heavy atom. The summed E-state index contributed by atoms with van der Waals surface area (Å²) in [5.74, 6) is -0.639. The Kier molecular flexibility index (Phi) is 1.71. The SMILES string of the molecule is CSn1oc(=O)n(C)c1=O. The van der Waals surface area contributed by atoms with Gasteiger partial charge in [0.05, 0.1) is 0 Å². The largest absolute Gasteiger partial charge is 0.443 e. The van der Waals surface area contributed by atoms with Crippen molar-refractivity contribution in [1.82, 2.24) is 8.71 Å². The van der Waals surface area contributed by atoms with Crippen LogP contribution in [0.25, 0.3) is 0 Å². The van der Waals surface area contributed by atoms with Crippen LogP contribution in [0.15, 0.2) is 14.1 Å². The molecular weight excluding hydrogens is 156 g/mol. The Morgan fingerprint density at radius 3 is 2.30 bits per heavy atom. The molecule has 0 aliphatic rings. The molecular formula is C4H6N2O3S. The van der Waals surface area contributed by atoms with Gasteiger partial charge in [-0.15, -0.1) is 0 Å². The smallest absolute Gasteiger partial charge is 0.305 e. The number of hydrogen-bond donors (Lipinski definition) is 0. The fraction of sp³-hybridized carbons (Fsp3) is 0.500.